The Morgan fingerprint density at radius 1 is 1.15 bits per heavy atom. The monoisotopic (exact) mass is 469 g/mol. The number of halogens is 1. The quantitative estimate of drug-likeness (QED) is 0.331. The molecule has 7 nitrogen and oxygen atoms in total. The molecule has 0 N–H and O–H groups in total. The first-order chi connectivity index (χ1) is 16.1. The van der Waals surface area contributed by atoms with Crippen LogP contribution in [0.2, 0.25) is 5.28 Å². The Balaban J connectivity index is 1.29. The normalized spacial score (nSPS) is 18.5. The largest absolute Gasteiger partial charge is 0.465 e. The highest BCUT2D eigenvalue weighted by Crippen LogP contribution is 2.46. The highest BCUT2D eigenvalue weighted by molar-refractivity contribution is 6.28. The molecule has 0 bridgehead atoms. The molecule has 1 aromatic carbocycles. The summed E-state index contributed by atoms with van der Waals surface area (Å²) < 4.78 is 13.5. The van der Waals surface area contributed by atoms with Gasteiger partial charge in [0.1, 0.15) is 11.6 Å². The van der Waals surface area contributed by atoms with Crippen LogP contribution in [0.4, 0.5) is 5.82 Å². The van der Waals surface area contributed by atoms with Crippen molar-refractivity contribution >= 4 is 28.5 Å². The number of ether oxygens (including phenoxy) is 2. The molecule has 5 rings (SSSR count). The molecule has 0 amide bonds. The summed E-state index contributed by atoms with van der Waals surface area (Å²) in [5.74, 6) is 1.72. The first-order valence-electron chi connectivity index (χ1n) is 12.0. The Kier molecular flexibility index (Phi) is 6.43. The molecule has 8 heteroatoms. The minimum absolute atomic E-state index is 0.264. The van der Waals surface area contributed by atoms with E-state index in [0.29, 0.717) is 18.4 Å². The lowest BCUT2D eigenvalue weighted by atomic mass is 9.68. The maximum atomic E-state index is 6.34. The summed E-state index contributed by atoms with van der Waals surface area (Å²) in [6, 6.07) is 8.12. The van der Waals surface area contributed by atoms with Crippen molar-refractivity contribution in [1.29, 1.82) is 0 Å². The van der Waals surface area contributed by atoms with Crippen molar-refractivity contribution in [3.63, 3.8) is 0 Å². The van der Waals surface area contributed by atoms with Gasteiger partial charge in [-0.1, -0.05) is 38.3 Å². The van der Waals surface area contributed by atoms with Gasteiger partial charge in [-0.3, -0.25) is 0 Å². The van der Waals surface area contributed by atoms with E-state index < -0.39 is 0 Å². The van der Waals surface area contributed by atoms with Gasteiger partial charge >= 0.3 is 0 Å². The summed E-state index contributed by atoms with van der Waals surface area (Å²) in [6.07, 6.45) is 9.79. The predicted octanol–water partition coefficient (Wildman–Crippen LogP) is 5.25. The van der Waals surface area contributed by atoms with Gasteiger partial charge in [0.05, 0.1) is 11.6 Å². The van der Waals surface area contributed by atoms with Gasteiger partial charge in [0, 0.05) is 38.6 Å². The van der Waals surface area contributed by atoms with E-state index in [2.05, 4.69) is 39.0 Å². The Morgan fingerprint density at radius 2 is 1.97 bits per heavy atom. The van der Waals surface area contributed by atoms with Crippen molar-refractivity contribution in [2.24, 2.45) is 5.41 Å². The first kappa shape index (κ1) is 22.4. The van der Waals surface area contributed by atoms with Gasteiger partial charge in [-0.2, -0.15) is 15.1 Å². The second-order valence-corrected chi connectivity index (χ2v) is 9.75. The third kappa shape index (κ3) is 4.66. The summed E-state index contributed by atoms with van der Waals surface area (Å²) >= 11 is 6.34. The highest BCUT2D eigenvalue weighted by atomic mass is 35.5. The molecule has 0 radical (unpaired) electrons. The molecule has 2 fully saturated rings. The number of fused-ring (bicyclic) bond motifs is 1. The van der Waals surface area contributed by atoms with Crippen LogP contribution in [0.25, 0.3) is 11.0 Å². The molecule has 1 saturated carbocycles. The number of nitrogens with zero attached hydrogens (tertiary/aromatic N) is 5. The number of aromatic nitrogens is 4. The average molecular weight is 470 g/mol. The third-order valence-electron chi connectivity index (χ3n) is 7.13. The van der Waals surface area contributed by atoms with E-state index in [9.17, 15) is 0 Å². The fraction of sp³-hybridized carbons (Fsp3) is 0.560. The molecule has 1 aliphatic heterocycles. The zero-order valence-electron chi connectivity index (χ0n) is 19.5. The summed E-state index contributed by atoms with van der Waals surface area (Å²) in [5.41, 5.74) is 2.47. The van der Waals surface area contributed by atoms with Crippen molar-refractivity contribution in [3.8, 4) is 5.75 Å². The van der Waals surface area contributed by atoms with Gasteiger partial charge in [-0.05, 0) is 48.6 Å². The van der Waals surface area contributed by atoms with Crippen molar-refractivity contribution < 1.29 is 9.47 Å². The van der Waals surface area contributed by atoms with Crippen LogP contribution in [-0.2, 0) is 17.7 Å². The van der Waals surface area contributed by atoms with Crippen molar-refractivity contribution in [3.05, 3.63) is 41.3 Å². The second-order valence-electron chi connectivity index (χ2n) is 9.41. The van der Waals surface area contributed by atoms with Crippen LogP contribution < -0.4 is 9.64 Å². The second kappa shape index (κ2) is 9.47. The number of benzene rings is 1. The molecule has 1 saturated heterocycles. The van der Waals surface area contributed by atoms with Crippen LogP contribution in [0.3, 0.4) is 0 Å². The number of rotatable bonds is 8. The summed E-state index contributed by atoms with van der Waals surface area (Å²) in [6.45, 7) is 4.84. The van der Waals surface area contributed by atoms with E-state index in [-0.39, 0.29) is 11.6 Å². The molecular weight excluding hydrogens is 438 g/mol. The summed E-state index contributed by atoms with van der Waals surface area (Å²) in [7, 11) is 1.66. The first-order valence-corrected chi connectivity index (χ1v) is 12.4. The number of methoxy groups -OCH3 is 1. The number of aryl methyl sites for hydroxylation is 2. The van der Waals surface area contributed by atoms with Crippen LogP contribution in [0.5, 0.6) is 5.75 Å². The maximum absolute atomic E-state index is 6.34. The van der Waals surface area contributed by atoms with E-state index in [1.807, 2.05) is 23.0 Å². The lowest BCUT2D eigenvalue weighted by molar-refractivity contribution is -0.0607. The summed E-state index contributed by atoms with van der Waals surface area (Å²) in [4.78, 5) is 11.4. The van der Waals surface area contributed by atoms with Crippen LogP contribution in [-0.4, -0.2) is 46.2 Å². The van der Waals surface area contributed by atoms with E-state index in [1.165, 1.54) is 37.7 Å². The number of hydrogen-bond acceptors (Lipinski definition) is 6. The molecule has 1 spiro atoms. The van der Waals surface area contributed by atoms with Crippen LogP contribution in [0.15, 0.2) is 30.5 Å². The highest BCUT2D eigenvalue weighted by Gasteiger charge is 2.44. The Bertz CT molecular complexity index is 1100. The molecule has 1 aliphatic carbocycles. The summed E-state index contributed by atoms with van der Waals surface area (Å²) in [5, 5.41) is 5.82. The SMILES string of the molecule is CCc1cccc(O[C@H](CCn2ncc3c(N4CC5(CCCCC5)C4)nc(Cl)nc32)OC)c1. The van der Waals surface area contributed by atoms with E-state index in [4.69, 9.17) is 21.1 Å². The van der Waals surface area contributed by atoms with Crippen molar-refractivity contribution in [2.45, 2.75) is 64.7 Å². The van der Waals surface area contributed by atoms with Crippen molar-refractivity contribution in [2.75, 3.05) is 25.1 Å². The fourth-order valence-electron chi connectivity index (χ4n) is 5.29. The molecular formula is C25H32ClN5O2. The molecule has 3 heterocycles. The van der Waals surface area contributed by atoms with Gasteiger partial charge in [0.25, 0.3) is 0 Å². The van der Waals surface area contributed by atoms with Gasteiger partial charge in [0.15, 0.2) is 5.65 Å². The van der Waals surface area contributed by atoms with Gasteiger partial charge in [-0.15, -0.1) is 0 Å². The molecule has 3 aromatic rings. The van der Waals surface area contributed by atoms with Gasteiger partial charge < -0.3 is 14.4 Å². The number of anilines is 1. The van der Waals surface area contributed by atoms with Crippen LogP contribution in [0, 0.1) is 5.41 Å². The van der Waals surface area contributed by atoms with E-state index >= 15 is 0 Å². The zero-order valence-corrected chi connectivity index (χ0v) is 20.2. The Labute approximate surface area is 200 Å². The lowest BCUT2D eigenvalue weighted by Gasteiger charge is -2.53. The third-order valence-corrected chi connectivity index (χ3v) is 7.30. The Hall–Kier alpha value is -2.38. The predicted molar refractivity (Wildman–Crippen MR) is 130 cm³/mol. The molecule has 1 atom stereocenters. The minimum atomic E-state index is -0.380. The molecule has 176 valence electrons. The fourth-order valence-corrected chi connectivity index (χ4v) is 5.45. The smallest absolute Gasteiger partial charge is 0.226 e. The molecule has 0 unspecified atom stereocenters. The standard InChI is InChI=1S/C25H32ClN5O2/c1-3-18-8-7-9-19(14-18)33-21(32-2)10-13-31-23-20(15-27-31)22(28-24(26)29-23)30-16-25(17-30)11-5-4-6-12-25/h7-9,14-15,21H,3-6,10-13,16-17H2,1-2H3/t21-/m1/s1. The van der Waals surface area contributed by atoms with Gasteiger partial charge in [0.2, 0.25) is 11.6 Å². The minimum Gasteiger partial charge on any atom is -0.465 e. The van der Waals surface area contributed by atoms with Crippen molar-refractivity contribution in [1.82, 2.24) is 19.7 Å². The molecule has 2 aromatic heterocycles. The Morgan fingerprint density at radius 3 is 2.73 bits per heavy atom. The van der Waals surface area contributed by atoms with Crippen LogP contribution in [0.1, 0.15) is 51.0 Å². The maximum Gasteiger partial charge on any atom is 0.226 e. The topological polar surface area (TPSA) is 65.3 Å². The van der Waals surface area contributed by atoms with Gasteiger partial charge in [-0.25, -0.2) is 4.68 Å². The van der Waals surface area contributed by atoms with E-state index in [1.54, 1.807) is 7.11 Å². The van der Waals surface area contributed by atoms with Crippen LogP contribution >= 0.6 is 11.6 Å². The van der Waals surface area contributed by atoms with E-state index in [0.717, 1.165) is 42.1 Å². The average Bonchev–Trinajstić information content (AvgIpc) is 3.23. The number of hydrogen-bond donors (Lipinski definition) is 0. The zero-order chi connectivity index (χ0) is 22.8. The molecule has 33 heavy (non-hydrogen) atoms. The lowest BCUT2D eigenvalue weighted by Crippen LogP contribution is -2.57. The molecule has 2 aliphatic rings.